The first kappa shape index (κ1) is 28.3. The second-order valence-corrected chi connectivity index (χ2v) is 7.72. The number of aliphatic hydroxyl groups is 2. The first-order valence-corrected chi connectivity index (χ1v) is 11.3. The van der Waals surface area contributed by atoms with Crippen LogP contribution in [-0.2, 0) is 23.9 Å². The summed E-state index contributed by atoms with van der Waals surface area (Å²) in [5.74, 6) is -2.90. The molecule has 0 aromatic rings. The van der Waals surface area contributed by atoms with E-state index in [0.29, 0.717) is 0 Å². The molecule has 8 heteroatoms. The monoisotopic (exact) mass is 432 g/mol. The Morgan fingerprint density at radius 3 is 1.70 bits per heavy atom. The smallest absolute Gasteiger partial charge is 0.335 e. The van der Waals surface area contributed by atoms with Crippen molar-refractivity contribution in [1.29, 1.82) is 0 Å². The van der Waals surface area contributed by atoms with Crippen LogP contribution in [-0.4, -0.2) is 58.6 Å². The topological polar surface area (TPSA) is 130 Å². The summed E-state index contributed by atoms with van der Waals surface area (Å²) in [5, 5.41) is 27.3. The van der Waals surface area contributed by atoms with Gasteiger partial charge in [-0.3, -0.25) is 9.59 Å². The number of carbonyl (C=O) groups excluding carboxylic acids is 2. The minimum atomic E-state index is -1.79. The van der Waals surface area contributed by atoms with Crippen LogP contribution in [0.2, 0.25) is 0 Å². The summed E-state index contributed by atoms with van der Waals surface area (Å²) in [5.41, 5.74) is 0. The summed E-state index contributed by atoms with van der Waals surface area (Å²) in [6.07, 6.45) is 11.0. The lowest BCUT2D eigenvalue weighted by Gasteiger charge is -2.13. The van der Waals surface area contributed by atoms with Gasteiger partial charge in [0, 0.05) is 6.42 Å². The van der Waals surface area contributed by atoms with Crippen LogP contribution in [0, 0.1) is 0 Å². The molecule has 0 spiro atoms. The molecule has 0 amide bonds. The maximum Gasteiger partial charge on any atom is 0.335 e. The lowest BCUT2D eigenvalue weighted by Crippen LogP contribution is -2.31. The van der Waals surface area contributed by atoms with Gasteiger partial charge in [0.1, 0.15) is 19.3 Å². The molecule has 0 saturated heterocycles. The van der Waals surface area contributed by atoms with Crippen molar-refractivity contribution >= 4 is 17.9 Å². The molecule has 3 N–H and O–H groups in total. The van der Waals surface area contributed by atoms with E-state index in [1.807, 2.05) is 0 Å². The van der Waals surface area contributed by atoms with Crippen LogP contribution in [0.5, 0.6) is 0 Å². The van der Waals surface area contributed by atoms with Gasteiger partial charge in [-0.2, -0.15) is 0 Å². The van der Waals surface area contributed by atoms with Crippen LogP contribution in [0.15, 0.2) is 0 Å². The van der Waals surface area contributed by atoms with Crippen molar-refractivity contribution in [3.8, 4) is 0 Å². The van der Waals surface area contributed by atoms with Crippen LogP contribution in [0.3, 0.4) is 0 Å². The van der Waals surface area contributed by atoms with Crippen molar-refractivity contribution < 1.29 is 39.2 Å². The first-order chi connectivity index (χ1) is 14.4. The van der Waals surface area contributed by atoms with Gasteiger partial charge in [0.05, 0.1) is 6.42 Å². The van der Waals surface area contributed by atoms with Gasteiger partial charge in [-0.15, -0.1) is 0 Å². The molecular weight excluding hydrogens is 392 g/mol. The third-order valence-electron chi connectivity index (χ3n) is 4.73. The number of aliphatic hydroxyl groups excluding tert-OH is 2. The van der Waals surface area contributed by atoms with Crippen molar-refractivity contribution in [2.45, 2.75) is 109 Å². The van der Waals surface area contributed by atoms with Gasteiger partial charge in [-0.25, -0.2) is 4.79 Å². The minimum Gasteiger partial charge on any atom is -0.481 e. The minimum absolute atomic E-state index is 0.279. The molecule has 0 aromatic heterocycles. The Hall–Kier alpha value is -1.67. The zero-order chi connectivity index (χ0) is 22.6. The van der Waals surface area contributed by atoms with Crippen molar-refractivity contribution in [2.24, 2.45) is 0 Å². The number of ether oxygens (including phenoxy) is 2. The Balaban J connectivity index is 3.52. The van der Waals surface area contributed by atoms with E-state index >= 15 is 0 Å². The molecule has 176 valence electrons. The molecular formula is C22H40O8. The quantitative estimate of drug-likeness (QED) is 0.197. The molecule has 0 radical (unpaired) electrons. The standard InChI is InChI=1S/C22H40O8/c1-2-3-4-5-6-7-8-9-10-11-12-13-14-21(27)29-16-18(23)17-30-22(28)19(24)15-20(25)26/h18-19,23-24H,2-17H2,1H3,(H,25,26)/t18?,19-/m1/s1. The molecule has 0 aliphatic heterocycles. The molecule has 2 atom stereocenters. The predicted octanol–water partition coefficient (Wildman–Crippen LogP) is 3.36. The Bertz CT molecular complexity index is 466. The second kappa shape index (κ2) is 19.3. The number of rotatable bonds is 20. The van der Waals surface area contributed by atoms with E-state index in [1.54, 1.807) is 0 Å². The molecule has 30 heavy (non-hydrogen) atoms. The molecule has 0 aliphatic carbocycles. The molecule has 0 rings (SSSR count). The number of unbranched alkanes of at least 4 members (excludes halogenated alkanes) is 11. The third kappa shape index (κ3) is 18.4. The number of esters is 2. The summed E-state index contributed by atoms with van der Waals surface area (Å²) in [6, 6.07) is 0. The fourth-order valence-corrected chi connectivity index (χ4v) is 2.94. The lowest BCUT2D eigenvalue weighted by molar-refractivity contribution is -0.162. The number of carboxylic acid groups (broad SMARTS) is 1. The zero-order valence-electron chi connectivity index (χ0n) is 18.4. The molecule has 0 aliphatic rings. The van der Waals surface area contributed by atoms with Gasteiger partial charge in [-0.1, -0.05) is 77.6 Å². The van der Waals surface area contributed by atoms with Crippen LogP contribution < -0.4 is 0 Å². The van der Waals surface area contributed by atoms with E-state index in [4.69, 9.17) is 9.84 Å². The van der Waals surface area contributed by atoms with Gasteiger partial charge in [0.15, 0.2) is 6.10 Å². The number of aliphatic carboxylic acids is 1. The Morgan fingerprint density at radius 2 is 1.20 bits per heavy atom. The molecule has 0 heterocycles. The highest BCUT2D eigenvalue weighted by atomic mass is 16.6. The van der Waals surface area contributed by atoms with Crippen molar-refractivity contribution in [3.05, 3.63) is 0 Å². The summed E-state index contributed by atoms with van der Waals surface area (Å²) < 4.78 is 9.51. The van der Waals surface area contributed by atoms with Gasteiger partial charge < -0.3 is 24.8 Å². The highest BCUT2D eigenvalue weighted by Crippen LogP contribution is 2.12. The van der Waals surface area contributed by atoms with Crippen molar-refractivity contribution in [2.75, 3.05) is 13.2 Å². The normalized spacial score (nSPS) is 12.9. The number of carbonyl (C=O) groups is 3. The van der Waals surface area contributed by atoms with E-state index in [0.717, 1.165) is 19.3 Å². The lowest BCUT2D eigenvalue weighted by atomic mass is 10.0. The van der Waals surface area contributed by atoms with Crippen LogP contribution in [0.4, 0.5) is 0 Å². The van der Waals surface area contributed by atoms with Gasteiger partial charge in [0.2, 0.25) is 0 Å². The molecule has 0 bridgehead atoms. The molecule has 0 saturated carbocycles. The maximum absolute atomic E-state index is 11.7. The van der Waals surface area contributed by atoms with Crippen molar-refractivity contribution in [3.63, 3.8) is 0 Å². The van der Waals surface area contributed by atoms with Crippen LogP contribution >= 0.6 is 0 Å². The Morgan fingerprint density at radius 1 is 0.733 bits per heavy atom. The summed E-state index contributed by atoms with van der Waals surface area (Å²) in [7, 11) is 0. The van der Waals surface area contributed by atoms with E-state index < -0.39 is 43.1 Å². The molecule has 8 nitrogen and oxygen atoms in total. The van der Waals surface area contributed by atoms with E-state index in [1.165, 1.54) is 57.8 Å². The SMILES string of the molecule is CCCCCCCCCCCCCCC(=O)OCC(O)COC(=O)[C@H](O)CC(=O)O. The highest BCUT2D eigenvalue weighted by molar-refractivity contribution is 5.80. The van der Waals surface area contributed by atoms with E-state index in [-0.39, 0.29) is 13.0 Å². The number of hydrogen-bond acceptors (Lipinski definition) is 7. The average molecular weight is 433 g/mol. The number of carboxylic acids is 1. The average Bonchev–Trinajstić information content (AvgIpc) is 2.70. The van der Waals surface area contributed by atoms with Crippen LogP contribution in [0.25, 0.3) is 0 Å². The molecule has 0 fully saturated rings. The summed E-state index contributed by atoms with van der Waals surface area (Å²) in [4.78, 5) is 33.3. The Kier molecular flexibility index (Phi) is 18.2. The van der Waals surface area contributed by atoms with Crippen molar-refractivity contribution in [1.82, 2.24) is 0 Å². The third-order valence-corrected chi connectivity index (χ3v) is 4.73. The summed E-state index contributed by atoms with van der Waals surface area (Å²) >= 11 is 0. The summed E-state index contributed by atoms with van der Waals surface area (Å²) in [6.45, 7) is 1.42. The highest BCUT2D eigenvalue weighted by Gasteiger charge is 2.21. The van der Waals surface area contributed by atoms with Gasteiger partial charge in [-0.05, 0) is 6.42 Å². The molecule has 0 aromatic carbocycles. The largest absolute Gasteiger partial charge is 0.481 e. The van der Waals surface area contributed by atoms with E-state index in [2.05, 4.69) is 11.7 Å². The van der Waals surface area contributed by atoms with Crippen LogP contribution in [0.1, 0.15) is 96.8 Å². The molecule has 1 unspecified atom stereocenters. The number of hydrogen-bond donors (Lipinski definition) is 3. The van der Waals surface area contributed by atoms with Gasteiger partial charge in [0.25, 0.3) is 0 Å². The van der Waals surface area contributed by atoms with Gasteiger partial charge >= 0.3 is 17.9 Å². The first-order valence-electron chi connectivity index (χ1n) is 11.3. The van der Waals surface area contributed by atoms with E-state index in [9.17, 15) is 24.6 Å². The Labute approximate surface area is 179 Å². The fraction of sp³-hybridized carbons (Fsp3) is 0.864. The zero-order valence-corrected chi connectivity index (χ0v) is 18.4. The predicted molar refractivity (Wildman–Crippen MR) is 112 cm³/mol. The maximum atomic E-state index is 11.7. The fourth-order valence-electron chi connectivity index (χ4n) is 2.94. The second-order valence-electron chi connectivity index (χ2n) is 7.72.